The van der Waals surface area contributed by atoms with Crippen LogP contribution in [0.25, 0.3) is 0 Å². The molecule has 0 saturated carbocycles. The van der Waals surface area contributed by atoms with E-state index in [0.717, 1.165) is 41.4 Å². The van der Waals surface area contributed by atoms with Gasteiger partial charge in [-0.1, -0.05) is 243 Å². The first-order chi connectivity index (χ1) is 19.7. The summed E-state index contributed by atoms with van der Waals surface area (Å²) in [5.74, 6) is 6.55. The van der Waals surface area contributed by atoms with Crippen LogP contribution in [-0.2, 0) is 0 Å². The van der Waals surface area contributed by atoms with Crippen molar-refractivity contribution in [3.8, 4) is 0 Å². The highest BCUT2D eigenvalue weighted by Crippen LogP contribution is 2.06. The molecule has 0 rings (SSSR count). The number of hydrogen-bond donors (Lipinski definition) is 0. The Morgan fingerprint density at radius 3 is 0.233 bits per heavy atom. The van der Waals surface area contributed by atoms with Crippen molar-refractivity contribution in [2.45, 2.75) is 243 Å². The molecule has 0 bridgehead atoms. The van der Waals surface area contributed by atoms with Crippen molar-refractivity contribution in [1.82, 2.24) is 0 Å². The fraction of sp³-hybridized carbons (Fsp3) is 1.00. The summed E-state index contributed by atoms with van der Waals surface area (Å²) >= 11 is 0. The van der Waals surface area contributed by atoms with Crippen LogP contribution in [0.5, 0.6) is 0 Å². The molecule has 0 heterocycles. The molecular formula is C43H102. The van der Waals surface area contributed by atoms with Crippen LogP contribution >= 0.6 is 0 Å². The minimum atomic E-state index is 0. The predicted molar refractivity (Wildman–Crippen MR) is 215 cm³/mol. The highest BCUT2D eigenvalue weighted by molar-refractivity contribution is 4.44. The van der Waals surface area contributed by atoms with Crippen LogP contribution < -0.4 is 0 Å². The predicted octanol–water partition coefficient (Wildman–Crippen LogP) is 17.7. The van der Waals surface area contributed by atoms with Gasteiger partial charge in [-0.15, -0.1) is 0 Å². The molecule has 0 heteroatoms. The third kappa shape index (κ3) is 85.7. The number of hydrogen-bond acceptors (Lipinski definition) is 0. The monoisotopic (exact) mass is 619 g/mol. The highest BCUT2D eigenvalue weighted by Gasteiger charge is 1.91. The molecular weight excluding hydrogens is 516 g/mol. The van der Waals surface area contributed by atoms with Gasteiger partial charge in [-0.3, -0.25) is 0 Å². The molecule has 0 aliphatic heterocycles. The van der Waals surface area contributed by atoms with Crippen molar-refractivity contribution < 1.29 is 0 Å². The van der Waals surface area contributed by atoms with Crippen molar-refractivity contribution in [1.29, 1.82) is 0 Å². The molecule has 0 spiro atoms. The standard InChI is InChI=1S/7C6H14.CH4/c7*1-4-6(3)5-2;/h7*6H,4-5H2,1-3H3;1H4. The summed E-state index contributed by atoms with van der Waals surface area (Å²) in [5.41, 5.74) is 0. The summed E-state index contributed by atoms with van der Waals surface area (Å²) in [6.07, 6.45) is 18.6. The van der Waals surface area contributed by atoms with E-state index < -0.39 is 0 Å². The van der Waals surface area contributed by atoms with Crippen molar-refractivity contribution in [2.24, 2.45) is 41.4 Å². The summed E-state index contributed by atoms with van der Waals surface area (Å²) in [5, 5.41) is 0. The van der Waals surface area contributed by atoms with Crippen LogP contribution in [0.4, 0.5) is 0 Å². The zero-order valence-corrected chi connectivity index (χ0v) is 34.9. The van der Waals surface area contributed by atoms with Gasteiger partial charge in [-0.25, -0.2) is 0 Å². The lowest BCUT2D eigenvalue weighted by Gasteiger charge is -1.98. The molecule has 274 valence electrons. The molecule has 0 N–H and O–H groups in total. The Morgan fingerprint density at radius 1 is 0.186 bits per heavy atom. The summed E-state index contributed by atoms with van der Waals surface area (Å²) in [6, 6.07) is 0. The lowest BCUT2D eigenvalue weighted by atomic mass is 10.1. The molecule has 0 aliphatic carbocycles. The minimum Gasteiger partial charge on any atom is -0.0776 e. The van der Waals surface area contributed by atoms with E-state index in [1.54, 1.807) is 0 Å². The van der Waals surface area contributed by atoms with Gasteiger partial charge in [0.1, 0.15) is 0 Å². The second-order valence-electron chi connectivity index (χ2n) is 13.5. The average Bonchev–Trinajstić information content (AvgIpc) is 3.06. The van der Waals surface area contributed by atoms with E-state index >= 15 is 0 Å². The molecule has 0 saturated heterocycles. The van der Waals surface area contributed by atoms with Gasteiger partial charge in [0.15, 0.2) is 0 Å². The molecule has 0 nitrogen and oxygen atoms in total. The molecule has 0 aliphatic rings. The molecule has 0 aromatic carbocycles. The number of rotatable bonds is 14. The van der Waals surface area contributed by atoms with Gasteiger partial charge in [0, 0.05) is 0 Å². The average molecular weight is 619 g/mol. The Kier molecular flexibility index (Phi) is 83.0. The highest BCUT2D eigenvalue weighted by atomic mass is 14.0. The minimum absolute atomic E-state index is 0. The van der Waals surface area contributed by atoms with E-state index in [1.807, 2.05) is 0 Å². The zero-order valence-electron chi connectivity index (χ0n) is 34.9. The first-order valence-electron chi connectivity index (χ1n) is 19.7. The molecule has 0 amide bonds. The molecule has 0 aromatic heterocycles. The lowest BCUT2D eigenvalue weighted by molar-refractivity contribution is 0.544. The van der Waals surface area contributed by atoms with Crippen LogP contribution in [-0.4, -0.2) is 0 Å². The van der Waals surface area contributed by atoms with E-state index in [0.29, 0.717) is 0 Å². The fourth-order valence-electron chi connectivity index (χ4n) is 2.02. The maximum atomic E-state index is 2.28. The van der Waals surface area contributed by atoms with Crippen molar-refractivity contribution >= 4 is 0 Å². The summed E-state index contributed by atoms with van der Waals surface area (Å²) < 4.78 is 0. The molecule has 43 heavy (non-hydrogen) atoms. The van der Waals surface area contributed by atoms with Crippen LogP contribution in [0.1, 0.15) is 243 Å². The van der Waals surface area contributed by atoms with Gasteiger partial charge in [-0.2, -0.15) is 0 Å². The Bertz CT molecular complexity index is 233. The van der Waals surface area contributed by atoms with Crippen LogP contribution in [0.3, 0.4) is 0 Å². The second-order valence-corrected chi connectivity index (χ2v) is 13.5. The van der Waals surface area contributed by atoms with Crippen LogP contribution in [0.15, 0.2) is 0 Å². The quantitative estimate of drug-likeness (QED) is 0.182. The summed E-state index contributed by atoms with van der Waals surface area (Å²) in [6.45, 7) is 47.2. The van der Waals surface area contributed by atoms with Gasteiger partial charge >= 0.3 is 0 Å². The first kappa shape index (κ1) is 61.9. The largest absolute Gasteiger partial charge is 0.0776 e. The third-order valence-electron chi connectivity index (χ3n) is 9.76. The maximum absolute atomic E-state index is 2.28. The van der Waals surface area contributed by atoms with Crippen LogP contribution in [0.2, 0.25) is 0 Å². The molecule has 0 unspecified atom stereocenters. The molecule has 0 radical (unpaired) electrons. The Hall–Kier alpha value is 0. The SMILES string of the molecule is C.CCC(C)CC.CCC(C)CC.CCC(C)CC.CCC(C)CC.CCC(C)CC.CCC(C)CC.CCC(C)CC. The van der Waals surface area contributed by atoms with Crippen LogP contribution in [0, 0.1) is 41.4 Å². The van der Waals surface area contributed by atoms with E-state index in [9.17, 15) is 0 Å². The Labute approximate surface area is 283 Å². The smallest absolute Gasteiger partial charge is 0.0448 e. The van der Waals surface area contributed by atoms with E-state index in [-0.39, 0.29) is 7.43 Å². The fourth-order valence-corrected chi connectivity index (χ4v) is 2.02. The van der Waals surface area contributed by atoms with E-state index in [2.05, 4.69) is 145 Å². The molecule has 0 atom stereocenters. The van der Waals surface area contributed by atoms with Gasteiger partial charge in [0.05, 0.1) is 0 Å². The normalized spacial score (nSPS) is 9.77. The zero-order chi connectivity index (χ0) is 34.9. The van der Waals surface area contributed by atoms with Gasteiger partial charge in [0.25, 0.3) is 0 Å². The van der Waals surface area contributed by atoms with Crippen molar-refractivity contribution in [3.05, 3.63) is 0 Å². The summed E-state index contributed by atoms with van der Waals surface area (Å²) in [4.78, 5) is 0. The topological polar surface area (TPSA) is 0 Å². The van der Waals surface area contributed by atoms with Crippen molar-refractivity contribution in [2.75, 3.05) is 0 Å². The van der Waals surface area contributed by atoms with E-state index in [4.69, 9.17) is 0 Å². The summed E-state index contributed by atoms with van der Waals surface area (Å²) in [7, 11) is 0. The lowest BCUT2D eigenvalue weighted by Crippen LogP contribution is -1.85. The second kappa shape index (κ2) is 57.6. The van der Waals surface area contributed by atoms with Gasteiger partial charge < -0.3 is 0 Å². The first-order valence-corrected chi connectivity index (χ1v) is 19.7. The Morgan fingerprint density at radius 2 is 0.233 bits per heavy atom. The van der Waals surface area contributed by atoms with E-state index in [1.165, 1.54) is 89.9 Å². The van der Waals surface area contributed by atoms with Crippen molar-refractivity contribution in [3.63, 3.8) is 0 Å². The maximum Gasteiger partial charge on any atom is -0.0448 e. The molecule has 0 fully saturated rings. The molecule has 0 aromatic rings. The Balaban J connectivity index is -0.0000000552. The van der Waals surface area contributed by atoms with Gasteiger partial charge in [-0.05, 0) is 41.4 Å². The van der Waals surface area contributed by atoms with Gasteiger partial charge in [0.2, 0.25) is 0 Å². The third-order valence-corrected chi connectivity index (χ3v) is 9.76.